The van der Waals surface area contributed by atoms with Crippen LogP contribution in [-0.4, -0.2) is 36.8 Å². The maximum atomic E-state index is 8.86. The van der Waals surface area contributed by atoms with E-state index in [-0.39, 0.29) is 19.3 Å². The zero-order chi connectivity index (χ0) is 16.8. The van der Waals surface area contributed by atoms with Crippen molar-refractivity contribution in [2.75, 3.05) is 19.8 Å². The molecule has 3 rings (SSSR count). The third-order valence-corrected chi connectivity index (χ3v) is 4.63. The first kappa shape index (κ1) is 17.4. The zero-order valence-corrected chi connectivity index (χ0v) is 14.0. The molecule has 1 aliphatic carbocycles. The van der Waals surface area contributed by atoms with E-state index in [4.69, 9.17) is 24.4 Å². The molecule has 5 heteroatoms. The minimum absolute atomic E-state index is 0.0132. The Hall–Kier alpha value is -1.40. The number of benzene rings is 1. The first-order valence-corrected chi connectivity index (χ1v) is 8.74. The number of hydrogen-bond acceptors (Lipinski definition) is 5. The molecular weight excluding hydrogens is 308 g/mol. The second-order valence-electron chi connectivity index (χ2n) is 6.43. The predicted octanol–water partition coefficient (Wildman–Crippen LogP) is 3.47. The van der Waals surface area contributed by atoms with Crippen LogP contribution in [0.15, 0.2) is 30.8 Å². The van der Waals surface area contributed by atoms with Gasteiger partial charge in [0, 0.05) is 12.8 Å². The summed E-state index contributed by atoms with van der Waals surface area (Å²) in [6.07, 6.45) is 6.12. The summed E-state index contributed by atoms with van der Waals surface area (Å²) in [5, 5.41) is 8.86. The van der Waals surface area contributed by atoms with Gasteiger partial charge < -0.3 is 14.6 Å². The van der Waals surface area contributed by atoms with E-state index in [1.807, 2.05) is 24.3 Å². The Morgan fingerprint density at radius 2 is 2.04 bits per heavy atom. The summed E-state index contributed by atoms with van der Waals surface area (Å²) in [4.78, 5) is 11.3. The van der Waals surface area contributed by atoms with Crippen molar-refractivity contribution in [2.45, 2.75) is 50.4 Å². The van der Waals surface area contributed by atoms with Crippen molar-refractivity contribution in [3.8, 4) is 5.75 Å². The average molecular weight is 334 g/mol. The summed E-state index contributed by atoms with van der Waals surface area (Å²) in [5.74, 6) is 0.125. The van der Waals surface area contributed by atoms with E-state index in [9.17, 15) is 0 Å². The van der Waals surface area contributed by atoms with Gasteiger partial charge in [-0.1, -0.05) is 31.6 Å². The summed E-state index contributed by atoms with van der Waals surface area (Å²) in [7, 11) is 0. The Balaban J connectivity index is 1.60. The Labute approximate surface area is 143 Å². The Morgan fingerprint density at radius 3 is 2.71 bits per heavy atom. The molecule has 0 aromatic heterocycles. The van der Waals surface area contributed by atoms with Gasteiger partial charge in [0.15, 0.2) is 0 Å². The molecule has 24 heavy (non-hydrogen) atoms. The second-order valence-corrected chi connectivity index (χ2v) is 6.43. The highest BCUT2D eigenvalue weighted by Gasteiger charge is 2.40. The molecule has 0 amide bonds. The van der Waals surface area contributed by atoms with Crippen molar-refractivity contribution in [1.82, 2.24) is 0 Å². The van der Waals surface area contributed by atoms with Crippen LogP contribution in [0.1, 0.15) is 44.1 Å². The fourth-order valence-electron chi connectivity index (χ4n) is 3.21. The molecule has 1 spiro atoms. The molecule has 0 radical (unpaired) electrons. The number of ether oxygens (including phenoxy) is 2. The molecule has 1 unspecified atom stereocenters. The monoisotopic (exact) mass is 334 g/mol. The van der Waals surface area contributed by atoms with Crippen molar-refractivity contribution < 1.29 is 24.4 Å². The third kappa shape index (κ3) is 4.16. The van der Waals surface area contributed by atoms with E-state index in [2.05, 4.69) is 6.58 Å². The Bertz CT molecular complexity index is 538. The summed E-state index contributed by atoms with van der Waals surface area (Å²) < 4.78 is 11.5. The first-order valence-electron chi connectivity index (χ1n) is 8.74. The quantitative estimate of drug-likeness (QED) is 0.836. The summed E-state index contributed by atoms with van der Waals surface area (Å²) in [5.41, 5.74) is 1.72. The van der Waals surface area contributed by atoms with Crippen LogP contribution in [0, 0.1) is 0 Å². The predicted molar refractivity (Wildman–Crippen MR) is 90.4 cm³/mol. The van der Waals surface area contributed by atoms with Crippen molar-refractivity contribution in [2.24, 2.45) is 0 Å². The van der Waals surface area contributed by atoms with Crippen LogP contribution in [0.2, 0.25) is 0 Å². The zero-order valence-electron chi connectivity index (χ0n) is 14.0. The standard InChI is InChI=1S/C19H26O5/c1-15(16-7-6-8-17(13-16)21-12-11-20)18-14-22-19(24-23-18)9-4-2-3-5-10-19/h6-8,13,18,20H,1-5,9-12,14H2. The largest absolute Gasteiger partial charge is 0.491 e. The first-order chi connectivity index (χ1) is 11.7. The molecule has 1 saturated heterocycles. The number of hydrogen-bond donors (Lipinski definition) is 1. The lowest BCUT2D eigenvalue weighted by atomic mass is 10.0. The smallest absolute Gasteiger partial charge is 0.201 e. The molecule has 1 N–H and O–H groups in total. The van der Waals surface area contributed by atoms with Gasteiger partial charge in [0.25, 0.3) is 0 Å². The van der Waals surface area contributed by atoms with E-state index in [1.165, 1.54) is 12.8 Å². The molecule has 5 nitrogen and oxygen atoms in total. The van der Waals surface area contributed by atoms with Gasteiger partial charge in [-0.25, -0.2) is 9.78 Å². The lowest BCUT2D eigenvalue weighted by Gasteiger charge is -2.38. The molecule has 1 aromatic carbocycles. The van der Waals surface area contributed by atoms with Gasteiger partial charge in [0.05, 0.1) is 13.2 Å². The molecule has 1 saturated carbocycles. The van der Waals surface area contributed by atoms with Gasteiger partial charge in [0.2, 0.25) is 5.79 Å². The van der Waals surface area contributed by atoms with Crippen LogP contribution >= 0.6 is 0 Å². The second kappa shape index (κ2) is 8.12. The van der Waals surface area contributed by atoms with Crippen LogP contribution in [0.4, 0.5) is 0 Å². The Morgan fingerprint density at radius 1 is 1.25 bits per heavy atom. The molecule has 2 fully saturated rings. The third-order valence-electron chi connectivity index (χ3n) is 4.63. The van der Waals surface area contributed by atoms with Crippen molar-refractivity contribution in [1.29, 1.82) is 0 Å². The molecular formula is C19H26O5. The number of aliphatic hydroxyl groups excluding tert-OH is 1. The number of aliphatic hydroxyl groups is 1. The Kier molecular flexibility index (Phi) is 5.89. The molecule has 1 aliphatic heterocycles. The minimum atomic E-state index is -0.570. The van der Waals surface area contributed by atoms with E-state index in [0.717, 1.165) is 36.8 Å². The maximum Gasteiger partial charge on any atom is 0.201 e. The highest BCUT2D eigenvalue weighted by molar-refractivity contribution is 5.67. The number of rotatable bonds is 5. The SMILES string of the molecule is C=C(c1cccc(OCCO)c1)C1COC2(CCCCCC2)OO1. The highest BCUT2D eigenvalue weighted by atomic mass is 17.2. The molecule has 132 valence electrons. The van der Waals surface area contributed by atoms with E-state index >= 15 is 0 Å². The lowest BCUT2D eigenvalue weighted by molar-refractivity contribution is -0.480. The van der Waals surface area contributed by atoms with Crippen LogP contribution in [0.3, 0.4) is 0 Å². The van der Waals surface area contributed by atoms with Crippen LogP contribution in [0.25, 0.3) is 5.57 Å². The fraction of sp³-hybridized carbons (Fsp3) is 0.579. The van der Waals surface area contributed by atoms with Gasteiger partial charge in [0.1, 0.15) is 18.5 Å². The summed E-state index contributed by atoms with van der Waals surface area (Å²) >= 11 is 0. The van der Waals surface area contributed by atoms with E-state index < -0.39 is 5.79 Å². The van der Waals surface area contributed by atoms with E-state index in [1.54, 1.807) is 0 Å². The van der Waals surface area contributed by atoms with Crippen molar-refractivity contribution in [3.63, 3.8) is 0 Å². The van der Waals surface area contributed by atoms with Crippen LogP contribution in [0.5, 0.6) is 5.75 Å². The highest BCUT2D eigenvalue weighted by Crippen LogP contribution is 2.37. The molecule has 2 aliphatic rings. The summed E-state index contributed by atoms with van der Waals surface area (Å²) in [6, 6.07) is 7.58. The van der Waals surface area contributed by atoms with E-state index in [0.29, 0.717) is 12.4 Å². The molecule has 1 heterocycles. The average Bonchev–Trinajstić information content (AvgIpc) is 2.86. The van der Waals surface area contributed by atoms with Crippen molar-refractivity contribution >= 4 is 5.57 Å². The van der Waals surface area contributed by atoms with Crippen LogP contribution in [-0.2, 0) is 14.5 Å². The van der Waals surface area contributed by atoms with Gasteiger partial charge in [-0.2, -0.15) is 0 Å². The van der Waals surface area contributed by atoms with Gasteiger partial charge in [-0.05, 0) is 36.1 Å². The molecule has 1 aromatic rings. The van der Waals surface area contributed by atoms with Gasteiger partial charge >= 0.3 is 0 Å². The normalized spacial score (nSPS) is 23.6. The maximum absolute atomic E-state index is 8.86. The topological polar surface area (TPSA) is 57.2 Å². The van der Waals surface area contributed by atoms with Crippen molar-refractivity contribution in [3.05, 3.63) is 36.4 Å². The minimum Gasteiger partial charge on any atom is -0.491 e. The van der Waals surface area contributed by atoms with Gasteiger partial charge in [-0.3, -0.25) is 0 Å². The van der Waals surface area contributed by atoms with Gasteiger partial charge in [-0.15, -0.1) is 0 Å². The molecule has 1 atom stereocenters. The van der Waals surface area contributed by atoms with Crippen LogP contribution < -0.4 is 4.74 Å². The fourth-order valence-corrected chi connectivity index (χ4v) is 3.21. The summed E-state index contributed by atoms with van der Waals surface area (Å²) in [6.45, 7) is 4.83. The lowest BCUT2D eigenvalue weighted by Crippen LogP contribution is -2.45. The molecule has 0 bridgehead atoms.